The van der Waals surface area contributed by atoms with Crippen LogP contribution in [0.1, 0.15) is 0 Å². The molecule has 0 aliphatic carbocycles. The predicted octanol–water partition coefficient (Wildman–Crippen LogP) is 1.77. The summed E-state index contributed by atoms with van der Waals surface area (Å²) in [6, 6.07) is 6.55. The monoisotopic (exact) mass is 324 g/mol. The van der Waals surface area contributed by atoms with Gasteiger partial charge >= 0.3 is 5.69 Å². The molecule has 9 nitrogen and oxygen atoms in total. The molecule has 1 aromatic carbocycles. The van der Waals surface area contributed by atoms with Gasteiger partial charge in [0.1, 0.15) is 0 Å². The number of halogens is 1. The van der Waals surface area contributed by atoms with Crippen molar-refractivity contribution in [3.8, 4) is 0 Å². The van der Waals surface area contributed by atoms with Gasteiger partial charge in [-0.15, -0.1) is 0 Å². The van der Waals surface area contributed by atoms with Crippen LogP contribution in [0, 0.1) is 10.1 Å². The molecule has 0 saturated heterocycles. The van der Waals surface area contributed by atoms with Crippen LogP contribution in [0.25, 0.3) is 0 Å². The lowest BCUT2D eigenvalue weighted by molar-refractivity contribution is -0.383. The molecule has 116 valence electrons. The largest absolute Gasteiger partial charge is 0.395 e. The SMILES string of the molecule is Nc1nc(NCCO)nc(Nc2ccc(Cl)cc2)c1[N+](=O)[O-]. The Labute approximate surface area is 130 Å². The average molecular weight is 325 g/mol. The summed E-state index contributed by atoms with van der Waals surface area (Å²) in [6.45, 7) is 0.0534. The van der Waals surface area contributed by atoms with Crippen LogP contribution in [0.5, 0.6) is 0 Å². The van der Waals surface area contributed by atoms with Crippen LogP contribution in [0.3, 0.4) is 0 Å². The van der Waals surface area contributed by atoms with Crippen molar-refractivity contribution >= 4 is 40.6 Å². The molecular formula is C12H13ClN6O3. The number of nitrogens with zero attached hydrogens (tertiary/aromatic N) is 3. The van der Waals surface area contributed by atoms with E-state index in [2.05, 4.69) is 20.6 Å². The summed E-state index contributed by atoms with van der Waals surface area (Å²) < 4.78 is 0. The molecule has 0 radical (unpaired) electrons. The Bertz CT molecular complexity index is 679. The van der Waals surface area contributed by atoms with E-state index in [1.54, 1.807) is 24.3 Å². The van der Waals surface area contributed by atoms with Crippen LogP contribution in [0.2, 0.25) is 5.02 Å². The van der Waals surface area contributed by atoms with E-state index in [9.17, 15) is 10.1 Å². The van der Waals surface area contributed by atoms with E-state index in [0.29, 0.717) is 10.7 Å². The Morgan fingerprint density at radius 1 is 1.32 bits per heavy atom. The molecule has 1 heterocycles. The number of hydrogen-bond acceptors (Lipinski definition) is 8. The molecule has 22 heavy (non-hydrogen) atoms. The number of aromatic nitrogens is 2. The zero-order chi connectivity index (χ0) is 16.1. The summed E-state index contributed by atoms with van der Waals surface area (Å²) >= 11 is 5.79. The third kappa shape index (κ3) is 3.71. The molecule has 0 aliphatic heterocycles. The van der Waals surface area contributed by atoms with Crippen LogP contribution in [0.4, 0.5) is 29.0 Å². The molecule has 10 heteroatoms. The summed E-state index contributed by atoms with van der Waals surface area (Å²) in [5, 5.41) is 26.0. The third-order valence-corrected chi connectivity index (χ3v) is 2.85. The number of aliphatic hydroxyl groups excluding tert-OH is 1. The fraction of sp³-hybridized carbons (Fsp3) is 0.167. The summed E-state index contributed by atoms with van der Waals surface area (Å²) in [5.74, 6) is -0.259. The quantitative estimate of drug-likeness (QED) is 0.465. The lowest BCUT2D eigenvalue weighted by Crippen LogP contribution is -2.12. The highest BCUT2D eigenvalue weighted by Crippen LogP contribution is 2.31. The molecule has 0 unspecified atom stereocenters. The van der Waals surface area contributed by atoms with Crippen LogP contribution in [-0.4, -0.2) is 33.1 Å². The molecule has 1 aromatic heterocycles. The van der Waals surface area contributed by atoms with Gasteiger partial charge in [0, 0.05) is 17.3 Å². The van der Waals surface area contributed by atoms with Gasteiger partial charge in [-0.3, -0.25) is 10.1 Å². The Balaban J connectivity index is 2.39. The number of nitrogens with one attached hydrogen (secondary N) is 2. The van der Waals surface area contributed by atoms with E-state index in [0.717, 1.165) is 0 Å². The number of anilines is 4. The van der Waals surface area contributed by atoms with Crippen molar-refractivity contribution in [3.05, 3.63) is 39.4 Å². The molecule has 0 amide bonds. The molecule has 2 aromatic rings. The lowest BCUT2D eigenvalue weighted by atomic mass is 10.3. The molecule has 0 atom stereocenters. The second-order valence-electron chi connectivity index (χ2n) is 4.17. The number of nitrogens with two attached hydrogens (primary N) is 1. The van der Waals surface area contributed by atoms with Crippen LogP contribution in [-0.2, 0) is 0 Å². The van der Waals surface area contributed by atoms with Gasteiger partial charge in [0.2, 0.25) is 17.6 Å². The number of benzene rings is 1. The molecule has 2 rings (SSSR count). The summed E-state index contributed by atoms with van der Waals surface area (Å²) in [7, 11) is 0. The fourth-order valence-electron chi connectivity index (χ4n) is 1.66. The molecule has 0 spiro atoms. The molecule has 0 fully saturated rings. The van der Waals surface area contributed by atoms with E-state index in [1.807, 2.05) is 0 Å². The van der Waals surface area contributed by atoms with E-state index >= 15 is 0 Å². The minimum atomic E-state index is -0.663. The van der Waals surface area contributed by atoms with Crippen LogP contribution in [0.15, 0.2) is 24.3 Å². The molecular weight excluding hydrogens is 312 g/mol. The van der Waals surface area contributed by atoms with Crippen molar-refractivity contribution < 1.29 is 10.0 Å². The normalized spacial score (nSPS) is 10.3. The molecule has 0 aliphatic rings. The first-order valence-electron chi connectivity index (χ1n) is 6.20. The molecule has 0 saturated carbocycles. The maximum atomic E-state index is 11.1. The van der Waals surface area contributed by atoms with Crippen molar-refractivity contribution in [2.45, 2.75) is 0 Å². The first-order valence-corrected chi connectivity index (χ1v) is 6.58. The van der Waals surface area contributed by atoms with Crippen molar-refractivity contribution in [1.82, 2.24) is 9.97 Å². The van der Waals surface area contributed by atoms with Gasteiger partial charge in [-0.1, -0.05) is 11.6 Å². The maximum Gasteiger partial charge on any atom is 0.353 e. The highest BCUT2D eigenvalue weighted by molar-refractivity contribution is 6.30. The highest BCUT2D eigenvalue weighted by atomic mass is 35.5. The van der Waals surface area contributed by atoms with Crippen molar-refractivity contribution in [2.24, 2.45) is 0 Å². The average Bonchev–Trinajstić information content (AvgIpc) is 2.46. The minimum absolute atomic E-state index is 0.0553. The topological polar surface area (TPSA) is 139 Å². The Hall–Kier alpha value is -2.65. The second-order valence-corrected chi connectivity index (χ2v) is 4.61. The first kappa shape index (κ1) is 15.7. The van der Waals surface area contributed by atoms with Gasteiger partial charge in [-0.05, 0) is 24.3 Å². The van der Waals surface area contributed by atoms with Crippen molar-refractivity contribution in [1.29, 1.82) is 0 Å². The Morgan fingerprint density at radius 2 is 2.00 bits per heavy atom. The van der Waals surface area contributed by atoms with E-state index < -0.39 is 10.6 Å². The Morgan fingerprint density at radius 3 is 2.59 bits per heavy atom. The predicted molar refractivity (Wildman–Crippen MR) is 83.4 cm³/mol. The van der Waals surface area contributed by atoms with Gasteiger partial charge in [-0.2, -0.15) is 9.97 Å². The summed E-state index contributed by atoms with van der Waals surface area (Å²) in [4.78, 5) is 18.3. The number of nitro groups is 1. The standard InChI is InChI=1S/C12H13ClN6O3/c13-7-1-3-8(4-2-7)16-11-9(19(21)22)10(14)17-12(18-11)15-5-6-20/h1-4,20H,5-6H2,(H4,14,15,16,17,18). The summed E-state index contributed by atoms with van der Waals surface area (Å²) in [5.41, 5.74) is 5.74. The number of rotatable bonds is 6. The fourth-order valence-corrected chi connectivity index (χ4v) is 1.78. The minimum Gasteiger partial charge on any atom is -0.395 e. The zero-order valence-electron chi connectivity index (χ0n) is 11.3. The third-order valence-electron chi connectivity index (χ3n) is 2.60. The maximum absolute atomic E-state index is 11.1. The van der Waals surface area contributed by atoms with Crippen molar-refractivity contribution in [2.75, 3.05) is 29.5 Å². The smallest absolute Gasteiger partial charge is 0.353 e. The number of aliphatic hydroxyl groups is 1. The van der Waals surface area contributed by atoms with Gasteiger partial charge in [-0.25, -0.2) is 0 Å². The summed E-state index contributed by atoms with van der Waals surface area (Å²) in [6.07, 6.45) is 0. The van der Waals surface area contributed by atoms with Gasteiger partial charge in [0.25, 0.3) is 0 Å². The van der Waals surface area contributed by atoms with Crippen molar-refractivity contribution in [3.63, 3.8) is 0 Å². The van der Waals surface area contributed by atoms with E-state index in [4.69, 9.17) is 22.4 Å². The lowest BCUT2D eigenvalue weighted by Gasteiger charge is -2.10. The van der Waals surface area contributed by atoms with Crippen LogP contribution < -0.4 is 16.4 Å². The second kappa shape index (κ2) is 6.87. The zero-order valence-corrected chi connectivity index (χ0v) is 12.0. The molecule has 0 bridgehead atoms. The first-order chi connectivity index (χ1) is 10.5. The molecule has 5 N–H and O–H groups in total. The van der Waals surface area contributed by atoms with Crippen LogP contribution >= 0.6 is 11.6 Å². The van der Waals surface area contributed by atoms with Gasteiger partial charge in [0.05, 0.1) is 11.5 Å². The number of nitrogen functional groups attached to an aromatic ring is 1. The van der Waals surface area contributed by atoms with Gasteiger partial charge in [0.15, 0.2) is 0 Å². The van der Waals surface area contributed by atoms with E-state index in [1.165, 1.54) is 0 Å². The Kier molecular flexibility index (Phi) is 4.92. The van der Waals surface area contributed by atoms with E-state index in [-0.39, 0.29) is 30.7 Å². The number of hydrogen-bond donors (Lipinski definition) is 4. The highest BCUT2D eigenvalue weighted by Gasteiger charge is 2.23. The van der Waals surface area contributed by atoms with Gasteiger partial charge < -0.3 is 21.5 Å².